The topological polar surface area (TPSA) is 68.0 Å². The maximum Gasteiger partial charge on any atom is 0.236 e. The zero-order valence-corrected chi connectivity index (χ0v) is 13.8. The van der Waals surface area contributed by atoms with Crippen LogP contribution >= 0.6 is 36.2 Å². The Morgan fingerprint density at radius 3 is 2.60 bits per heavy atom. The fourth-order valence-electron chi connectivity index (χ4n) is 1.69. The van der Waals surface area contributed by atoms with Crippen LogP contribution in [0.5, 0.6) is 0 Å². The Balaban J connectivity index is 0.00000180. The van der Waals surface area contributed by atoms with E-state index in [1.165, 1.54) is 4.70 Å². The molecule has 0 saturated carbocycles. The van der Waals surface area contributed by atoms with E-state index in [2.05, 4.69) is 16.4 Å². The number of carbonyl (C=O) groups is 1. The molecule has 1 amide bonds. The average molecular weight is 336 g/mol. The SMILES string of the molecule is CC(Cc1nc2ccccc2s1)NC(=O)[C@H](C)N.Cl.Cl. The van der Waals surface area contributed by atoms with Crippen LogP contribution in [0.25, 0.3) is 10.2 Å². The highest BCUT2D eigenvalue weighted by atomic mass is 35.5. The molecule has 0 aliphatic heterocycles. The minimum Gasteiger partial charge on any atom is -0.352 e. The molecule has 1 unspecified atom stereocenters. The van der Waals surface area contributed by atoms with E-state index < -0.39 is 6.04 Å². The second-order valence-electron chi connectivity index (χ2n) is 4.48. The predicted molar refractivity (Wildman–Crippen MR) is 89.1 cm³/mol. The van der Waals surface area contributed by atoms with Gasteiger partial charge in [0.25, 0.3) is 0 Å². The summed E-state index contributed by atoms with van der Waals surface area (Å²) in [6, 6.07) is 7.62. The van der Waals surface area contributed by atoms with Gasteiger partial charge in [-0.25, -0.2) is 4.98 Å². The summed E-state index contributed by atoms with van der Waals surface area (Å²) in [5.41, 5.74) is 6.53. The van der Waals surface area contributed by atoms with Gasteiger partial charge in [0.15, 0.2) is 0 Å². The largest absolute Gasteiger partial charge is 0.352 e. The van der Waals surface area contributed by atoms with Crippen LogP contribution in [0, 0.1) is 0 Å². The normalized spacial score (nSPS) is 12.9. The number of nitrogens with one attached hydrogen (secondary N) is 1. The molecule has 0 bridgehead atoms. The Hall–Kier alpha value is -0.880. The molecule has 1 aromatic carbocycles. The average Bonchev–Trinajstić information content (AvgIpc) is 2.70. The fraction of sp³-hybridized carbons (Fsp3) is 0.385. The van der Waals surface area contributed by atoms with E-state index in [1.807, 2.05) is 25.1 Å². The molecule has 0 aliphatic rings. The monoisotopic (exact) mass is 335 g/mol. The molecule has 1 heterocycles. The Labute approximate surface area is 135 Å². The summed E-state index contributed by atoms with van der Waals surface area (Å²) in [4.78, 5) is 16.0. The zero-order chi connectivity index (χ0) is 13.1. The zero-order valence-electron chi connectivity index (χ0n) is 11.3. The van der Waals surface area contributed by atoms with Crippen molar-refractivity contribution >= 4 is 52.3 Å². The minimum atomic E-state index is -0.470. The van der Waals surface area contributed by atoms with Crippen molar-refractivity contribution in [1.29, 1.82) is 0 Å². The molecule has 4 nitrogen and oxygen atoms in total. The van der Waals surface area contributed by atoms with Gasteiger partial charge in [-0.15, -0.1) is 36.2 Å². The van der Waals surface area contributed by atoms with Crippen molar-refractivity contribution in [3.05, 3.63) is 29.3 Å². The lowest BCUT2D eigenvalue weighted by Crippen LogP contribution is -2.43. The summed E-state index contributed by atoms with van der Waals surface area (Å²) in [6.45, 7) is 3.64. The Kier molecular flexibility index (Phi) is 8.05. The van der Waals surface area contributed by atoms with Crippen LogP contribution in [0.4, 0.5) is 0 Å². The van der Waals surface area contributed by atoms with Crippen molar-refractivity contribution in [3.63, 3.8) is 0 Å². The lowest BCUT2D eigenvalue weighted by atomic mass is 10.2. The number of hydrogen-bond acceptors (Lipinski definition) is 4. The highest BCUT2D eigenvalue weighted by Crippen LogP contribution is 2.22. The number of rotatable bonds is 4. The number of hydrogen-bond donors (Lipinski definition) is 2. The van der Waals surface area contributed by atoms with E-state index in [-0.39, 0.29) is 36.8 Å². The van der Waals surface area contributed by atoms with E-state index in [9.17, 15) is 4.79 Å². The molecule has 112 valence electrons. The first-order valence-corrected chi connectivity index (χ1v) is 6.78. The highest BCUT2D eigenvalue weighted by molar-refractivity contribution is 7.18. The van der Waals surface area contributed by atoms with Crippen LogP contribution in [0.2, 0.25) is 0 Å². The van der Waals surface area contributed by atoms with Crippen LogP contribution in [0.3, 0.4) is 0 Å². The van der Waals surface area contributed by atoms with Gasteiger partial charge >= 0.3 is 0 Å². The number of fused-ring (bicyclic) bond motifs is 1. The second-order valence-corrected chi connectivity index (χ2v) is 5.59. The number of para-hydroxylation sites is 1. The van der Waals surface area contributed by atoms with Gasteiger partial charge in [0, 0.05) is 12.5 Å². The van der Waals surface area contributed by atoms with Crippen molar-refractivity contribution in [2.45, 2.75) is 32.4 Å². The van der Waals surface area contributed by atoms with Crippen molar-refractivity contribution in [3.8, 4) is 0 Å². The molecule has 0 fully saturated rings. The number of amides is 1. The minimum absolute atomic E-state index is 0. The van der Waals surface area contributed by atoms with Gasteiger partial charge in [0.05, 0.1) is 21.3 Å². The second kappa shape index (κ2) is 8.42. The lowest BCUT2D eigenvalue weighted by Gasteiger charge is -2.13. The number of nitrogens with two attached hydrogens (primary N) is 1. The molecule has 0 spiro atoms. The first kappa shape index (κ1) is 19.1. The first-order chi connectivity index (χ1) is 8.56. The van der Waals surface area contributed by atoms with E-state index in [1.54, 1.807) is 18.3 Å². The highest BCUT2D eigenvalue weighted by Gasteiger charge is 2.13. The van der Waals surface area contributed by atoms with Crippen LogP contribution in [-0.2, 0) is 11.2 Å². The van der Waals surface area contributed by atoms with Crippen molar-refractivity contribution in [2.24, 2.45) is 5.73 Å². The maximum atomic E-state index is 11.5. The summed E-state index contributed by atoms with van der Waals surface area (Å²) in [6.07, 6.45) is 0.734. The summed E-state index contributed by atoms with van der Waals surface area (Å²) in [7, 11) is 0. The van der Waals surface area contributed by atoms with Crippen molar-refractivity contribution in [2.75, 3.05) is 0 Å². The lowest BCUT2D eigenvalue weighted by molar-refractivity contribution is -0.122. The molecule has 20 heavy (non-hydrogen) atoms. The fourth-order valence-corrected chi connectivity index (χ4v) is 2.79. The summed E-state index contributed by atoms with van der Waals surface area (Å²) < 4.78 is 1.18. The van der Waals surface area contributed by atoms with E-state index >= 15 is 0 Å². The van der Waals surface area contributed by atoms with Gasteiger partial charge in [-0.3, -0.25) is 4.79 Å². The summed E-state index contributed by atoms with van der Waals surface area (Å²) in [5, 5.41) is 3.91. The molecule has 0 aliphatic carbocycles. The van der Waals surface area contributed by atoms with Gasteiger partial charge in [0.1, 0.15) is 0 Å². The van der Waals surface area contributed by atoms with E-state index in [4.69, 9.17) is 5.73 Å². The number of nitrogens with zero attached hydrogens (tertiary/aromatic N) is 1. The Bertz CT molecular complexity index is 526. The van der Waals surface area contributed by atoms with Crippen LogP contribution in [-0.4, -0.2) is 23.0 Å². The third-order valence-electron chi connectivity index (χ3n) is 2.62. The van der Waals surface area contributed by atoms with Gasteiger partial charge in [-0.2, -0.15) is 0 Å². The van der Waals surface area contributed by atoms with Gasteiger partial charge < -0.3 is 11.1 Å². The molecule has 0 saturated heterocycles. The van der Waals surface area contributed by atoms with E-state index in [0.717, 1.165) is 16.9 Å². The summed E-state index contributed by atoms with van der Waals surface area (Å²) >= 11 is 1.67. The number of halogens is 2. The molecule has 2 aromatic rings. The molecule has 7 heteroatoms. The van der Waals surface area contributed by atoms with Crippen LogP contribution in [0.15, 0.2) is 24.3 Å². The molecule has 2 rings (SSSR count). The smallest absolute Gasteiger partial charge is 0.236 e. The van der Waals surface area contributed by atoms with Crippen molar-refractivity contribution in [1.82, 2.24) is 10.3 Å². The van der Waals surface area contributed by atoms with Gasteiger partial charge in [0.2, 0.25) is 5.91 Å². The Morgan fingerprint density at radius 1 is 1.35 bits per heavy atom. The van der Waals surface area contributed by atoms with Crippen LogP contribution < -0.4 is 11.1 Å². The molecule has 1 aromatic heterocycles. The number of thiazole rings is 1. The third kappa shape index (κ3) is 4.90. The molecule has 0 radical (unpaired) electrons. The van der Waals surface area contributed by atoms with Crippen molar-refractivity contribution < 1.29 is 4.79 Å². The van der Waals surface area contributed by atoms with E-state index in [0.29, 0.717) is 0 Å². The Morgan fingerprint density at radius 2 is 2.00 bits per heavy atom. The first-order valence-electron chi connectivity index (χ1n) is 5.96. The molecule has 2 atom stereocenters. The molecular weight excluding hydrogens is 317 g/mol. The quantitative estimate of drug-likeness (QED) is 0.902. The number of carbonyl (C=O) groups excluding carboxylic acids is 1. The molecular formula is C13H19Cl2N3OS. The number of aromatic nitrogens is 1. The van der Waals surface area contributed by atoms with Crippen LogP contribution in [0.1, 0.15) is 18.9 Å². The predicted octanol–water partition coefficient (Wildman–Crippen LogP) is 2.53. The molecule has 3 N–H and O–H groups in total. The standard InChI is InChI=1S/C13H17N3OS.2ClH/c1-8(15-13(17)9(2)14)7-12-16-10-5-3-4-6-11(10)18-12;;/h3-6,8-9H,7,14H2,1-2H3,(H,15,17);2*1H/t8?,9-;;/m0../s1. The maximum absolute atomic E-state index is 11.5. The number of benzene rings is 1. The van der Waals surface area contributed by atoms with Gasteiger partial charge in [-0.05, 0) is 26.0 Å². The third-order valence-corrected chi connectivity index (χ3v) is 3.68. The van der Waals surface area contributed by atoms with Gasteiger partial charge in [-0.1, -0.05) is 12.1 Å². The summed E-state index contributed by atoms with van der Waals surface area (Å²) in [5.74, 6) is -0.122.